The first kappa shape index (κ1) is 15.2. The second-order valence-corrected chi connectivity index (χ2v) is 5.36. The summed E-state index contributed by atoms with van der Waals surface area (Å²) in [6, 6.07) is -0.152. The third-order valence-electron chi connectivity index (χ3n) is 1.70. The van der Waals surface area contributed by atoms with Gasteiger partial charge in [-0.25, -0.2) is 0 Å². The molecular weight excluding hydrogens is 234 g/mol. The molecule has 4 nitrogen and oxygen atoms in total. The fourth-order valence-corrected chi connectivity index (χ4v) is 2.85. The Morgan fingerprint density at radius 1 is 1.00 bits per heavy atom. The van der Waals surface area contributed by atoms with E-state index in [9.17, 15) is 4.91 Å². The first-order valence-electron chi connectivity index (χ1n) is 5.04. The molecule has 0 fully saturated rings. The molecule has 0 rings (SSSR count). The largest absolute Gasteiger partial charge is 0.396 e. The van der Waals surface area contributed by atoms with Crippen molar-refractivity contribution in [2.75, 3.05) is 36.2 Å². The molecule has 1 atom stereocenters. The van der Waals surface area contributed by atoms with Gasteiger partial charge in [-0.15, -0.1) is 0 Å². The molecule has 2 N–H and O–H groups in total. The van der Waals surface area contributed by atoms with Crippen molar-refractivity contribution in [3.05, 3.63) is 4.91 Å². The van der Waals surface area contributed by atoms with Crippen molar-refractivity contribution in [3.63, 3.8) is 0 Å². The van der Waals surface area contributed by atoms with Crippen molar-refractivity contribution in [2.45, 2.75) is 18.9 Å². The minimum absolute atomic E-state index is 0.152. The zero-order valence-electron chi connectivity index (χ0n) is 8.80. The summed E-state index contributed by atoms with van der Waals surface area (Å²) in [7, 11) is 0. The Kier molecular flexibility index (Phi) is 12.5. The average Bonchev–Trinajstić information content (AvgIpc) is 2.26. The van der Waals surface area contributed by atoms with Crippen LogP contribution >= 0.6 is 23.5 Å². The van der Waals surface area contributed by atoms with Gasteiger partial charge < -0.3 is 10.2 Å². The molecule has 0 aliphatic heterocycles. The summed E-state index contributed by atoms with van der Waals surface area (Å²) in [5, 5.41) is 20.2. The minimum atomic E-state index is -0.152. The molecule has 0 saturated carbocycles. The number of aliphatic hydroxyl groups is 2. The van der Waals surface area contributed by atoms with Crippen molar-refractivity contribution in [2.24, 2.45) is 5.18 Å². The molecule has 0 radical (unpaired) electrons. The number of thioether (sulfide) groups is 2. The van der Waals surface area contributed by atoms with E-state index in [0.717, 1.165) is 24.3 Å². The zero-order chi connectivity index (χ0) is 11.4. The lowest BCUT2D eigenvalue weighted by Crippen LogP contribution is -2.12. The minimum Gasteiger partial charge on any atom is -0.396 e. The molecule has 6 heteroatoms. The van der Waals surface area contributed by atoms with E-state index >= 15 is 0 Å². The van der Waals surface area contributed by atoms with Gasteiger partial charge in [0.25, 0.3) is 0 Å². The van der Waals surface area contributed by atoms with Crippen LogP contribution in [0, 0.1) is 4.91 Å². The van der Waals surface area contributed by atoms with Gasteiger partial charge in [0.2, 0.25) is 0 Å². The summed E-state index contributed by atoms with van der Waals surface area (Å²) in [5.74, 6) is 3.07. The van der Waals surface area contributed by atoms with Gasteiger partial charge in [0, 0.05) is 23.9 Å². The van der Waals surface area contributed by atoms with Crippen LogP contribution in [0.15, 0.2) is 5.18 Å². The maximum atomic E-state index is 10.4. The van der Waals surface area contributed by atoms with E-state index in [4.69, 9.17) is 10.2 Å². The SMILES string of the molecule is O=NC(CSCCO)CSCCCCO. The number of hydrogen-bond donors (Lipinski definition) is 2. The van der Waals surface area contributed by atoms with Crippen molar-refractivity contribution in [1.29, 1.82) is 0 Å². The zero-order valence-corrected chi connectivity index (χ0v) is 10.4. The van der Waals surface area contributed by atoms with Gasteiger partial charge in [-0.1, -0.05) is 5.18 Å². The summed E-state index contributed by atoms with van der Waals surface area (Å²) in [5.41, 5.74) is 0. The smallest absolute Gasteiger partial charge is 0.110 e. The average molecular weight is 253 g/mol. The lowest BCUT2D eigenvalue weighted by molar-refractivity contribution is 0.287. The second-order valence-electron chi connectivity index (χ2n) is 3.06. The maximum Gasteiger partial charge on any atom is 0.110 e. The van der Waals surface area contributed by atoms with Crippen molar-refractivity contribution < 1.29 is 10.2 Å². The molecule has 0 spiro atoms. The van der Waals surface area contributed by atoms with E-state index in [1.165, 1.54) is 0 Å². The third-order valence-corrected chi connectivity index (χ3v) is 3.99. The molecule has 0 amide bonds. The molecule has 1 unspecified atom stereocenters. The summed E-state index contributed by atoms with van der Waals surface area (Å²) in [6.07, 6.45) is 1.81. The van der Waals surface area contributed by atoms with Crippen LogP contribution in [-0.4, -0.2) is 52.5 Å². The molecule has 0 heterocycles. The highest BCUT2D eigenvalue weighted by Crippen LogP contribution is 2.12. The van der Waals surface area contributed by atoms with Crippen molar-refractivity contribution in [3.8, 4) is 0 Å². The Morgan fingerprint density at radius 2 is 1.67 bits per heavy atom. The predicted molar refractivity (Wildman–Crippen MR) is 67.6 cm³/mol. The van der Waals surface area contributed by atoms with Crippen LogP contribution in [0.2, 0.25) is 0 Å². The van der Waals surface area contributed by atoms with Gasteiger partial charge >= 0.3 is 0 Å². The monoisotopic (exact) mass is 253 g/mol. The Morgan fingerprint density at radius 3 is 2.20 bits per heavy atom. The topological polar surface area (TPSA) is 69.9 Å². The van der Waals surface area contributed by atoms with E-state index in [1.807, 2.05) is 0 Å². The summed E-state index contributed by atoms with van der Waals surface area (Å²) in [6.45, 7) is 0.391. The highest BCUT2D eigenvalue weighted by Gasteiger charge is 2.08. The summed E-state index contributed by atoms with van der Waals surface area (Å²) >= 11 is 3.26. The van der Waals surface area contributed by atoms with E-state index < -0.39 is 0 Å². The van der Waals surface area contributed by atoms with Crippen LogP contribution < -0.4 is 0 Å². The van der Waals surface area contributed by atoms with Gasteiger partial charge in [0.1, 0.15) is 6.04 Å². The number of rotatable bonds is 11. The van der Waals surface area contributed by atoms with Gasteiger partial charge in [-0.3, -0.25) is 0 Å². The summed E-state index contributed by atoms with van der Waals surface area (Å²) < 4.78 is 0. The molecule has 15 heavy (non-hydrogen) atoms. The Bertz CT molecular complexity index is 149. The standard InChI is InChI=1S/C9H19NO3S2/c11-3-1-2-5-14-7-9(10-13)8-15-6-4-12/h9,11-12H,1-8H2. The molecule has 0 aromatic heterocycles. The number of nitroso groups, excluding NO2 is 1. The predicted octanol–water partition coefficient (Wildman–Crippen LogP) is 1.35. The maximum absolute atomic E-state index is 10.4. The molecule has 0 aliphatic rings. The Hall–Kier alpha value is 0.220. The lowest BCUT2D eigenvalue weighted by Gasteiger charge is -2.07. The van der Waals surface area contributed by atoms with Crippen molar-refractivity contribution in [1.82, 2.24) is 0 Å². The van der Waals surface area contributed by atoms with Crippen LogP contribution in [0.25, 0.3) is 0 Å². The molecule has 90 valence electrons. The van der Waals surface area contributed by atoms with E-state index in [1.54, 1.807) is 23.5 Å². The number of aliphatic hydroxyl groups excluding tert-OH is 2. The van der Waals surface area contributed by atoms with Crippen LogP contribution in [0.4, 0.5) is 0 Å². The Labute approximate surface area is 99.2 Å². The fraction of sp³-hybridized carbons (Fsp3) is 1.00. The third kappa shape index (κ3) is 10.5. The van der Waals surface area contributed by atoms with Gasteiger partial charge in [-0.05, 0) is 18.6 Å². The summed E-state index contributed by atoms with van der Waals surface area (Å²) in [4.78, 5) is 10.4. The molecule has 0 aromatic rings. The van der Waals surface area contributed by atoms with Crippen LogP contribution in [0.5, 0.6) is 0 Å². The van der Waals surface area contributed by atoms with Gasteiger partial charge in [-0.2, -0.15) is 28.4 Å². The number of unbranched alkanes of at least 4 members (excludes halogenated alkanes) is 1. The fourth-order valence-electron chi connectivity index (χ4n) is 0.928. The van der Waals surface area contributed by atoms with Crippen LogP contribution in [0.3, 0.4) is 0 Å². The highest BCUT2D eigenvalue weighted by atomic mass is 32.2. The van der Waals surface area contributed by atoms with E-state index in [0.29, 0.717) is 11.5 Å². The van der Waals surface area contributed by atoms with Crippen LogP contribution in [-0.2, 0) is 0 Å². The molecular formula is C9H19NO3S2. The highest BCUT2D eigenvalue weighted by molar-refractivity contribution is 8.00. The number of hydrogen-bond acceptors (Lipinski definition) is 6. The first-order valence-corrected chi connectivity index (χ1v) is 7.35. The molecule has 0 bridgehead atoms. The van der Waals surface area contributed by atoms with E-state index in [2.05, 4.69) is 5.18 Å². The van der Waals surface area contributed by atoms with Gasteiger partial charge in [0.15, 0.2) is 0 Å². The van der Waals surface area contributed by atoms with E-state index in [-0.39, 0.29) is 19.3 Å². The molecule has 0 aromatic carbocycles. The first-order chi connectivity index (χ1) is 7.35. The van der Waals surface area contributed by atoms with Crippen LogP contribution in [0.1, 0.15) is 12.8 Å². The quantitative estimate of drug-likeness (QED) is 0.430. The Balaban J connectivity index is 3.32. The van der Waals surface area contributed by atoms with Gasteiger partial charge in [0.05, 0.1) is 6.61 Å². The normalized spacial score (nSPS) is 12.7. The van der Waals surface area contributed by atoms with Crippen molar-refractivity contribution >= 4 is 23.5 Å². The lowest BCUT2D eigenvalue weighted by atomic mass is 10.4. The molecule has 0 saturated heterocycles. The number of nitrogens with zero attached hydrogens (tertiary/aromatic N) is 1. The second kappa shape index (κ2) is 12.3. The molecule has 0 aliphatic carbocycles.